The van der Waals surface area contributed by atoms with Gasteiger partial charge in [0.15, 0.2) is 0 Å². The van der Waals surface area contributed by atoms with Crippen LogP contribution < -0.4 is 10.2 Å². The summed E-state index contributed by atoms with van der Waals surface area (Å²) in [4.78, 5) is 17.9. The van der Waals surface area contributed by atoms with E-state index in [1.807, 2.05) is 0 Å². The minimum atomic E-state index is -4.43. The fourth-order valence-electron chi connectivity index (χ4n) is 5.69. The van der Waals surface area contributed by atoms with Crippen molar-refractivity contribution in [3.63, 3.8) is 0 Å². The van der Waals surface area contributed by atoms with Crippen molar-refractivity contribution in [1.29, 1.82) is 0 Å². The number of alkyl halides is 3. The number of rotatable bonds is 3. The molecule has 1 aliphatic carbocycles. The molecule has 0 radical (unpaired) electrons. The van der Waals surface area contributed by atoms with E-state index in [-0.39, 0.29) is 18.4 Å². The van der Waals surface area contributed by atoms with E-state index in [9.17, 15) is 22.4 Å². The summed E-state index contributed by atoms with van der Waals surface area (Å²) in [6, 6.07) is 9.82. The third-order valence-corrected chi connectivity index (χ3v) is 7.36. The van der Waals surface area contributed by atoms with Crippen LogP contribution in [0.4, 0.5) is 28.9 Å². The van der Waals surface area contributed by atoms with Crippen molar-refractivity contribution >= 4 is 17.3 Å². The molecule has 4 nitrogen and oxygen atoms in total. The maximum atomic E-state index is 13.4. The fraction of sp³-hybridized carbons (Fsp3) is 0.480. The van der Waals surface area contributed by atoms with E-state index in [2.05, 4.69) is 15.1 Å². The van der Waals surface area contributed by atoms with Crippen LogP contribution in [-0.4, -0.2) is 42.5 Å². The average molecular weight is 462 g/mol. The summed E-state index contributed by atoms with van der Waals surface area (Å²) < 4.78 is 53.4. The summed E-state index contributed by atoms with van der Waals surface area (Å²) in [6.07, 6.45) is 0.556. The molecule has 0 unspecified atom stereocenters. The van der Waals surface area contributed by atoms with Crippen molar-refractivity contribution in [2.75, 3.05) is 29.9 Å². The summed E-state index contributed by atoms with van der Waals surface area (Å²) in [6.45, 7) is 2.24. The van der Waals surface area contributed by atoms with Crippen LogP contribution in [0.5, 0.6) is 0 Å². The number of nitrogens with zero attached hydrogens (tertiary/aromatic N) is 2. The molecule has 0 aromatic heterocycles. The van der Waals surface area contributed by atoms with Crippen LogP contribution in [0.3, 0.4) is 0 Å². The van der Waals surface area contributed by atoms with E-state index in [0.29, 0.717) is 30.4 Å². The second kappa shape index (κ2) is 8.63. The Morgan fingerprint density at radius 1 is 1.00 bits per heavy atom. The van der Waals surface area contributed by atoms with Gasteiger partial charge in [-0.1, -0.05) is 12.8 Å². The molecule has 2 fully saturated rings. The molecule has 8 heteroatoms. The lowest BCUT2D eigenvalue weighted by molar-refractivity contribution is -0.137. The molecule has 3 aliphatic rings. The quantitative estimate of drug-likeness (QED) is 0.647. The van der Waals surface area contributed by atoms with Crippen LogP contribution in [0.1, 0.15) is 36.8 Å². The molecule has 2 aromatic rings. The number of piperazine rings is 1. The highest BCUT2D eigenvalue weighted by atomic mass is 19.4. The van der Waals surface area contributed by atoms with Gasteiger partial charge in [-0.3, -0.25) is 9.69 Å². The zero-order valence-corrected chi connectivity index (χ0v) is 18.2. The first-order chi connectivity index (χ1) is 15.8. The molecule has 1 N–H and O–H groups in total. The van der Waals surface area contributed by atoms with Crippen molar-refractivity contribution in [2.45, 2.75) is 50.4 Å². The third-order valence-electron chi connectivity index (χ3n) is 7.36. The number of carbonyl (C=O) groups is 1. The number of benzene rings is 2. The smallest absolute Gasteiger partial charge is 0.365 e. The van der Waals surface area contributed by atoms with E-state index in [1.165, 1.54) is 43.2 Å². The predicted molar refractivity (Wildman–Crippen MR) is 119 cm³/mol. The van der Waals surface area contributed by atoms with Gasteiger partial charge in [0.25, 0.3) is 0 Å². The van der Waals surface area contributed by atoms with Crippen LogP contribution in [0.25, 0.3) is 0 Å². The number of nitrogens with one attached hydrogen (secondary N) is 1. The Balaban J connectivity index is 1.45. The molecule has 176 valence electrons. The highest BCUT2D eigenvalue weighted by Gasteiger charge is 2.44. The van der Waals surface area contributed by atoms with E-state index in [1.54, 1.807) is 6.07 Å². The minimum Gasteiger partial charge on any atom is -0.365 e. The van der Waals surface area contributed by atoms with Crippen molar-refractivity contribution in [3.8, 4) is 0 Å². The van der Waals surface area contributed by atoms with Gasteiger partial charge in [0.1, 0.15) is 5.82 Å². The van der Waals surface area contributed by atoms with Crippen LogP contribution in [0.15, 0.2) is 42.5 Å². The highest BCUT2D eigenvalue weighted by Crippen LogP contribution is 2.41. The first kappa shape index (κ1) is 22.2. The van der Waals surface area contributed by atoms with Crippen molar-refractivity contribution in [1.82, 2.24) is 4.90 Å². The van der Waals surface area contributed by atoms with Crippen molar-refractivity contribution in [3.05, 3.63) is 59.4 Å². The van der Waals surface area contributed by atoms with Crippen LogP contribution in [0.2, 0.25) is 0 Å². The molecule has 0 bridgehead atoms. The Morgan fingerprint density at radius 3 is 2.42 bits per heavy atom. The van der Waals surface area contributed by atoms with Crippen LogP contribution >= 0.6 is 0 Å². The zero-order valence-electron chi connectivity index (χ0n) is 18.2. The molecular formula is C25H27F4N3O. The van der Waals surface area contributed by atoms with Gasteiger partial charge in [-0.25, -0.2) is 4.39 Å². The van der Waals surface area contributed by atoms with Gasteiger partial charge >= 0.3 is 6.18 Å². The van der Waals surface area contributed by atoms with Crippen LogP contribution in [-0.2, 0) is 17.4 Å². The third kappa shape index (κ3) is 4.45. The lowest BCUT2D eigenvalue weighted by atomic mass is 9.82. The molecule has 1 amide bonds. The molecule has 1 saturated heterocycles. The second-order valence-corrected chi connectivity index (χ2v) is 9.34. The highest BCUT2D eigenvalue weighted by molar-refractivity contribution is 5.94. The maximum absolute atomic E-state index is 13.4. The largest absolute Gasteiger partial charge is 0.416 e. The molecule has 2 heterocycles. The van der Waals surface area contributed by atoms with Crippen molar-refractivity contribution < 1.29 is 22.4 Å². The Bertz CT molecular complexity index is 1020. The molecule has 1 saturated carbocycles. The average Bonchev–Trinajstić information content (AvgIpc) is 3.33. The maximum Gasteiger partial charge on any atom is 0.416 e. The summed E-state index contributed by atoms with van der Waals surface area (Å²) in [5.41, 5.74) is 1.13. The summed E-state index contributed by atoms with van der Waals surface area (Å²) in [7, 11) is 0. The monoisotopic (exact) mass is 461 g/mol. The number of carbonyl (C=O) groups excluding carboxylic acids is 1. The number of hydrogen-bond donors (Lipinski definition) is 1. The Labute approximate surface area is 190 Å². The first-order valence-corrected chi connectivity index (χ1v) is 11.6. The van der Waals surface area contributed by atoms with E-state index >= 15 is 0 Å². The van der Waals surface area contributed by atoms with Gasteiger partial charge in [-0.15, -0.1) is 0 Å². The van der Waals surface area contributed by atoms with Gasteiger partial charge in [0, 0.05) is 37.1 Å². The SMILES string of the molecule is O=C(Nc1ccc(F)cc1)[C@@H]1Cc2cc(C(F)(F)F)ccc2N2CCN(C3CCCC3)C[C@@H]12. The Hall–Kier alpha value is -2.61. The summed E-state index contributed by atoms with van der Waals surface area (Å²) in [5, 5.41) is 2.86. The Kier molecular flexibility index (Phi) is 5.80. The number of hydrogen-bond acceptors (Lipinski definition) is 3. The first-order valence-electron chi connectivity index (χ1n) is 11.6. The van der Waals surface area contributed by atoms with E-state index in [4.69, 9.17) is 0 Å². The number of halogens is 4. The zero-order chi connectivity index (χ0) is 23.2. The topological polar surface area (TPSA) is 35.6 Å². The molecule has 2 aliphatic heterocycles. The lowest BCUT2D eigenvalue weighted by Crippen LogP contribution is -2.61. The van der Waals surface area contributed by atoms with Crippen molar-refractivity contribution in [2.24, 2.45) is 5.92 Å². The molecule has 33 heavy (non-hydrogen) atoms. The lowest BCUT2D eigenvalue weighted by Gasteiger charge is -2.50. The Morgan fingerprint density at radius 2 is 1.73 bits per heavy atom. The van der Waals surface area contributed by atoms with Crippen LogP contribution in [0, 0.1) is 11.7 Å². The fourth-order valence-corrected chi connectivity index (χ4v) is 5.69. The van der Waals surface area contributed by atoms with E-state index < -0.39 is 23.5 Å². The number of anilines is 2. The van der Waals surface area contributed by atoms with Gasteiger partial charge < -0.3 is 10.2 Å². The normalized spacial score (nSPS) is 23.8. The molecule has 5 rings (SSSR count). The predicted octanol–water partition coefficient (Wildman–Crippen LogP) is 5.09. The number of fused-ring (bicyclic) bond motifs is 3. The second-order valence-electron chi connectivity index (χ2n) is 9.34. The van der Waals surface area contributed by atoms with Gasteiger partial charge in [0.2, 0.25) is 5.91 Å². The molecule has 2 aromatic carbocycles. The molecule has 0 spiro atoms. The minimum absolute atomic E-state index is 0.121. The van der Waals surface area contributed by atoms with Gasteiger partial charge in [-0.05, 0) is 67.3 Å². The van der Waals surface area contributed by atoms with Gasteiger partial charge in [0.05, 0.1) is 17.5 Å². The molecular weight excluding hydrogens is 434 g/mol. The van der Waals surface area contributed by atoms with Gasteiger partial charge in [-0.2, -0.15) is 13.2 Å². The van der Waals surface area contributed by atoms with E-state index in [0.717, 1.165) is 31.1 Å². The standard InChI is InChI=1S/C25H27F4N3O/c26-18-6-8-19(9-7-18)30-24(33)21-14-16-13-17(25(27,28)29)5-10-22(16)32-12-11-31(15-23(21)32)20-3-1-2-4-20/h5-10,13,20-21,23H,1-4,11-12,14-15H2,(H,30,33)/t21-,23+/m1/s1. The summed E-state index contributed by atoms with van der Waals surface area (Å²) in [5.74, 6) is -1.15. The number of amides is 1. The molecule has 2 atom stereocenters. The summed E-state index contributed by atoms with van der Waals surface area (Å²) >= 11 is 0.